The fourth-order valence-electron chi connectivity index (χ4n) is 4.68. The van der Waals surface area contributed by atoms with Crippen molar-refractivity contribution in [1.29, 1.82) is 0 Å². The van der Waals surface area contributed by atoms with Gasteiger partial charge in [-0.1, -0.05) is 13.8 Å². The van der Waals surface area contributed by atoms with Crippen LogP contribution < -0.4 is 4.90 Å². The average Bonchev–Trinajstić information content (AvgIpc) is 3.21. The molecule has 2 aliphatic rings. The maximum absolute atomic E-state index is 13.2. The third-order valence-corrected chi connectivity index (χ3v) is 8.01. The van der Waals surface area contributed by atoms with Crippen molar-refractivity contribution in [3.63, 3.8) is 0 Å². The Balaban J connectivity index is 1.43. The van der Waals surface area contributed by atoms with Gasteiger partial charge < -0.3 is 9.80 Å². The van der Waals surface area contributed by atoms with E-state index in [1.165, 1.54) is 40.8 Å². The van der Waals surface area contributed by atoms with E-state index in [0.717, 1.165) is 48.8 Å². The molecule has 168 valence electrons. The molecule has 1 fully saturated rings. The first-order valence-corrected chi connectivity index (χ1v) is 12.5. The topological polar surface area (TPSA) is 49.3 Å². The molecule has 1 saturated heterocycles. The molecule has 5 rings (SSSR count). The maximum atomic E-state index is 13.2. The number of aromatic nitrogens is 2. The van der Waals surface area contributed by atoms with E-state index < -0.39 is 0 Å². The first kappa shape index (κ1) is 21.3. The summed E-state index contributed by atoms with van der Waals surface area (Å²) >= 11 is 1.85. The second-order valence-corrected chi connectivity index (χ2v) is 9.98. The molecule has 3 heterocycles. The lowest BCUT2D eigenvalue weighted by molar-refractivity contribution is 0.0746. The lowest BCUT2D eigenvalue weighted by Gasteiger charge is -2.36. The van der Waals surface area contributed by atoms with Gasteiger partial charge in [0.15, 0.2) is 0 Å². The molecule has 1 aliphatic carbocycles. The van der Waals surface area contributed by atoms with Crippen molar-refractivity contribution in [1.82, 2.24) is 14.9 Å². The molecule has 7 heteroatoms. The van der Waals surface area contributed by atoms with Crippen LogP contribution in [-0.2, 0) is 12.8 Å². The summed E-state index contributed by atoms with van der Waals surface area (Å²) in [6, 6.07) is 5.82. The van der Waals surface area contributed by atoms with Crippen molar-refractivity contribution in [2.45, 2.75) is 51.9 Å². The molecule has 32 heavy (non-hydrogen) atoms. The highest BCUT2D eigenvalue weighted by Gasteiger charge is 2.28. The van der Waals surface area contributed by atoms with E-state index in [1.807, 2.05) is 16.2 Å². The number of halogens is 1. The highest BCUT2D eigenvalue weighted by atomic mass is 32.1. The second-order valence-electron chi connectivity index (χ2n) is 8.89. The van der Waals surface area contributed by atoms with Crippen molar-refractivity contribution in [2.75, 3.05) is 31.1 Å². The summed E-state index contributed by atoms with van der Waals surface area (Å²) in [5, 5.41) is 1.25. The zero-order chi connectivity index (χ0) is 22.2. The lowest BCUT2D eigenvalue weighted by Crippen LogP contribution is -2.49. The highest BCUT2D eigenvalue weighted by Crippen LogP contribution is 2.40. The predicted octanol–water partition coefficient (Wildman–Crippen LogP) is 5.19. The summed E-state index contributed by atoms with van der Waals surface area (Å²) in [7, 11) is 0. The molecule has 2 aromatic heterocycles. The van der Waals surface area contributed by atoms with Crippen LogP contribution in [0.25, 0.3) is 10.2 Å². The molecule has 0 saturated carbocycles. The Morgan fingerprint density at radius 1 is 1.09 bits per heavy atom. The molecule has 1 amide bonds. The SMILES string of the molecule is CC[C@@H](C)c1nc(N2CCN(C(=O)c3ccc(F)cc3)CC2)c2c3c(sc2n1)CCCC3. The molecule has 3 aromatic rings. The van der Waals surface area contributed by atoms with E-state index in [0.29, 0.717) is 24.6 Å². The smallest absolute Gasteiger partial charge is 0.253 e. The van der Waals surface area contributed by atoms with Crippen LogP contribution in [-0.4, -0.2) is 47.0 Å². The molecule has 0 bridgehead atoms. The van der Waals surface area contributed by atoms with Crippen LogP contribution in [0.1, 0.15) is 65.7 Å². The molecule has 0 unspecified atom stereocenters. The molecule has 5 nitrogen and oxygen atoms in total. The van der Waals surface area contributed by atoms with E-state index in [2.05, 4.69) is 18.7 Å². The van der Waals surface area contributed by atoms with Crippen molar-refractivity contribution in [2.24, 2.45) is 0 Å². The van der Waals surface area contributed by atoms with Crippen LogP contribution >= 0.6 is 11.3 Å². The Kier molecular flexibility index (Phi) is 5.84. The number of carbonyl (C=O) groups is 1. The van der Waals surface area contributed by atoms with Crippen molar-refractivity contribution in [3.8, 4) is 0 Å². The van der Waals surface area contributed by atoms with Gasteiger partial charge in [0.05, 0.1) is 5.39 Å². The zero-order valence-corrected chi connectivity index (χ0v) is 19.6. The third-order valence-electron chi connectivity index (χ3n) is 6.82. The Morgan fingerprint density at radius 3 is 2.53 bits per heavy atom. The minimum Gasteiger partial charge on any atom is -0.352 e. The summed E-state index contributed by atoms with van der Waals surface area (Å²) in [5.74, 6) is 1.94. The van der Waals surface area contributed by atoms with Crippen LogP contribution in [0.4, 0.5) is 10.2 Å². The van der Waals surface area contributed by atoms with E-state index in [9.17, 15) is 9.18 Å². The Hall–Kier alpha value is -2.54. The van der Waals surface area contributed by atoms with Crippen LogP contribution in [0, 0.1) is 5.82 Å². The van der Waals surface area contributed by atoms with Gasteiger partial charge in [0.2, 0.25) is 0 Å². The molecule has 1 atom stereocenters. The molecule has 1 aliphatic heterocycles. The number of anilines is 1. The Bertz CT molecular complexity index is 1140. The summed E-state index contributed by atoms with van der Waals surface area (Å²) in [6.45, 7) is 7.11. The zero-order valence-electron chi connectivity index (χ0n) is 18.7. The normalized spacial score (nSPS) is 17.5. The average molecular weight is 453 g/mol. The fourth-order valence-corrected chi connectivity index (χ4v) is 5.95. The standard InChI is InChI=1S/C25H29FN4OS/c1-3-16(2)22-27-23(21-19-6-4-5-7-20(19)32-24(21)28-22)29-12-14-30(15-13-29)25(31)17-8-10-18(26)11-9-17/h8-11,16H,3-7,12-15H2,1-2H3/t16-/m1/s1. The predicted molar refractivity (Wildman–Crippen MR) is 127 cm³/mol. The van der Waals surface area contributed by atoms with Crippen LogP contribution in [0.3, 0.4) is 0 Å². The lowest BCUT2D eigenvalue weighted by atomic mass is 9.96. The number of rotatable bonds is 4. The Labute approximate surface area is 192 Å². The van der Waals surface area contributed by atoms with Gasteiger partial charge in [-0.15, -0.1) is 11.3 Å². The van der Waals surface area contributed by atoms with E-state index in [-0.39, 0.29) is 11.7 Å². The van der Waals surface area contributed by atoms with Gasteiger partial charge in [-0.2, -0.15) is 0 Å². The van der Waals surface area contributed by atoms with E-state index >= 15 is 0 Å². The van der Waals surface area contributed by atoms with E-state index in [1.54, 1.807) is 12.1 Å². The Morgan fingerprint density at radius 2 is 1.81 bits per heavy atom. The van der Waals surface area contributed by atoms with Gasteiger partial charge >= 0.3 is 0 Å². The summed E-state index contributed by atoms with van der Waals surface area (Å²) in [4.78, 5) is 29.7. The van der Waals surface area contributed by atoms with Gasteiger partial charge in [-0.05, 0) is 61.9 Å². The number of aryl methyl sites for hydroxylation is 2. The first-order chi connectivity index (χ1) is 15.5. The van der Waals surface area contributed by atoms with Crippen molar-refractivity contribution < 1.29 is 9.18 Å². The number of piperazine rings is 1. The number of amides is 1. The third kappa shape index (κ3) is 3.87. The van der Waals surface area contributed by atoms with Gasteiger partial charge in [0.25, 0.3) is 5.91 Å². The number of carbonyl (C=O) groups excluding carboxylic acids is 1. The van der Waals surface area contributed by atoms with E-state index in [4.69, 9.17) is 9.97 Å². The van der Waals surface area contributed by atoms with Gasteiger partial charge in [0, 0.05) is 42.5 Å². The molecule has 1 aromatic carbocycles. The molecular formula is C25H29FN4OS. The van der Waals surface area contributed by atoms with Crippen molar-refractivity contribution >= 4 is 33.3 Å². The minimum atomic E-state index is -0.324. The molecule has 0 N–H and O–H groups in total. The second kappa shape index (κ2) is 8.77. The number of benzene rings is 1. The minimum absolute atomic E-state index is 0.0364. The fraction of sp³-hybridized carbons (Fsp3) is 0.480. The molecule has 0 spiro atoms. The number of fused-ring (bicyclic) bond motifs is 3. The van der Waals surface area contributed by atoms with Crippen LogP contribution in [0.5, 0.6) is 0 Å². The number of hydrogen-bond donors (Lipinski definition) is 0. The van der Waals surface area contributed by atoms with Crippen molar-refractivity contribution in [3.05, 3.63) is 51.9 Å². The molecular weight excluding hydrogens is 423 g/mol. The maximum Gasteiger partial charge on any atom is 0.253 e. The van der Waals surface area contributed by atoms with Crippen LogP contribution in [0.2, 0.25) is 0 Å². The molecule has 0 radical (unpaired) electrons. The first-order valence-electron chi connectivity index (χ1n) is 11.7. The van der Waals surface area contributed by atoms with Gasteiger partial charge in [0.1, 0.15) is 22.3 Å². The summed E-state index contributed by atoms with van der Waals surface area (Å²) < 4.78 is 13.2. The van der Waals surface area contributed by atoms with Gasteiger partial charge in [-0.25, -0.2) is 14.4 Å². The van der Waals surface area contributed by atoms with Gasteiger partial charge in [-0.3, -0.25) is 4.79 Å². The van der Waals surface area contributed by atoms with Crippen LogP contribution in [0.15, 0.2) is 24.3 Å². The summed E-state index contributed by atoms with van der Waals surface area (Å²) in [5.41, 5.74) is 1.99. The highest BCUT2D eigenvalue weighted by molar-refractivity contribution is 7.19. The quantitative estimate of drug-likeness (QED) is 0.547. The monoisotopic (exact) mass is 452 g/mol. The number of thiophene rings is 1. The number of hydrogen-bond acceptors (Lipinski definition) is 5. The largest absolute Gasteiger partial charge is 0.352 e. The summed E-state index contributed by atoms with van der Waals surface area (Å²) in [6.07, 6.45) is 5.75. The number of nitrogens with zero attached hydrogens (tertiary/aromatic N) is 4.